The highest BCUT2D eigenvalue weighted by molar-refractivity contribution is 9.13. The Kier molecular flexibility index (Phi) is 6.23. The number of ether oxygens (including phenoxy) is 1. The second-order valence-electron chi connectivity index (χ2n) is 5.41. The van der Waals surface area contributed by atoms with Crippen LogP contribution in [0.4, 0.5) is 5.69 Å². The van der Waals surface area contributed by atoms with E-state index in [1.165, 1.54) is 16.7 Å². The van der Waals surface area contributed by atoms with Gasteiger partial charge in [0.15, 0.2) is 9.84 Å². The van der Waals surface area contributed by atoms with Crippen LogP contribution in [-0.4, -0.2) is 35.6 Å². The van der Waals surface area contributed by atoms with E-state index in [4.69, 9.17) is 9.15 Å². The smallest absolute Gasteiger partial charge is 0.338 e. The molecule has 0 aliphatic carbocycles. The van der Waals surface area contributed by atoms with E-state index >= 15 is 0 Å². The average molecular weight is 514 g/mol. The molecule has 0 atom stereocenters. The number of thioether (sulfide) groups is 1. The van der Waals surface area contributed by atoms with Gasteiger partial charge in [-0.15, -0.1) is 0 Å². The summed E-state index contributed by atoms with van der Waals surface area (Å²) < 4.78 is 11.8. The van der Waals surface area contributed by atoms with Crippen molar-refractivity contribution in [2.75, 3.05) is 13.7 Å². The number of likely N-dealkylation sites (N-methyl/N-ethyl adjacent to an activating group) is 1. The molecule has 0 saturated carbocycles. The van der Waals surface area contributed by atoms with Gasteiger partial charge in [-0.25, -0.2) is 9.79 Å². The van der Waals surface area contributed by atoms with Crippen molar-refractivity contribution in [2.45, 2.75) is 6.92 Å². The number of carbonyl (C=O) groups is 2. The van der Waals surface area contributed by atoms with E-state index in [0.29, 0.717) is 38.4 Å². The minimum absolute atomic E-state index is 0.162. The molecule has 6 nitrogen and oxygen atoms in total. The number of amidine groups is 1. The number of benzene rings is 1. The third-order valence-electron chi connectivity index (χ3n) is 3.54. The van der Waals surface area contributed by atoms with Crippen molar-refractivity contribution >= 4 is 72.4 Å². The number of esters is 1. The summed E-state index contributed by atoms with van der Waals surface area (Å²) in [5, 5.41) is 0.542. The number of furan rings is 1. The highest BCUT2D eigenvalue weighted by atomic mass is 79.9. The Morgan fingerprint density at radius 1 is 1.33 bits per heavy atom. The molecule has 2 aromatic rings. The van der Waals surface area contributed by atoms with Crippen molar-refractivity contribution < 1.29 is 18.7 Å². The topological polar surface area (TPSA) is 72.1 Å². The van der Waals surface area contributed by atoms with Crippen molar-refractivity contribution in [1.82, 2.24) is 4.90 Å². The van der Waals surface area contributed by atoms with Gasteiger partial charge in [0.1, 0.15) is 5.76 Å². The molecule has 2 heterocycles. The first-order valence-electron chi connectivity index (χ1n) is 7.87. The van der Waals surface area contributed by atoms with Gasteiger partial charge in [-0.3, -0.25) is 9.69 Å². The molecular formula is C18H14Br2N2O4S. The van der Waals surface area contributed by atoms with E-state index in [0.717, 1.165) is 4.47 Å². The lowest BCUT2D eigenvalue weighted by Gasteiger charge is -2.07. The van der Waals surface area contributed by atoms with E-state index in [2.05, 4.69) is 36.9 Å². The third-order valence-corrected chi connectivity index (χ3v) is 6.31. The Morgan fingerprint density at radius 2 is 2.04 bits per heavy atom. The summed E-state index contributed by atoms with van der Waals surface area (Å²) in [5.41, 5.74) is 1.09. The molecule has 0 bridgehead atoms. The van der Waals surface area contributed by atoms with Crippen molar-refractivity contribution in [3.63, 3.8) is 0 Å². The van der Waals surface area contributed by atoms with Crippen LogP contribution in [0.15, 0.2) is 53.8 Å². The SMILES string of the molecule is CCOC(=O)c1ccc(N=C2S/C(=C\c3cc(Br)c(Br)o3)C(=O)N2C)cc1. The lowest BCUT2D eigenvalue weighted by molar-refractivity contribution is -0.121. The second kappa shape index (κ2) is 8.45. The normalized spacial score (nSPS) is 17.2. The predicted molar refractivity (Wildman–Crippen MR) is 112 cm³/mol. The summed E-state index contributed by atoms with van der Waals surface area (Å²) >= 11 is 7.87. The van der Waals surface area contributed by atoms with Crippen LogP contribution >= 0.6 is 43.6 Å². The minimum atomic E-state index is -0.375. The van der Waals surface area contributed by atoms with Crippen LogP contribution in [0.25, 0.3) is 6.08 Å². The second-order valence-corrected chi connectivity index (χ2v) is 7.99. The van der Waals surface area contributed by atoms with Crippen LogP contribution in [-0.2, 0) is 9.53 Å². The summed E-state index contributed by atoms with van der Waals surface area (Å²) in [6, 6.07) is 8.48. The zero-order valence-corrected chi connectivity index (χ0v) is 18.4. The molecule has 3 rings (SSSR count). The molecule has 1 aromatic carbocycles. The molecule has 140 valence electrons. The van der Waals surface area contributed by atoms with E-state index in [1.54, 1.807) is 50.4 Å². The fourth-order valence-corrected chi connectivity index (χ4v) is 3.79. The van der Waals surface area contributed by atoms with Crippen molar-refractivity contribution in [3.8, 4) is 0 Å². The number of amides is 1. The molecule has 1 amide bonds. The van der Waals surface area contributed by atoms with Gasteiger partial charge in [-0.05, 0) is 80.9 Å². The number of aliphatic imine (C=N–C) groups is 1. The molecule has 0 N–H and O–H groups in total. The van der Waals surface area contributed by atoms with Crippen LogP contribution < -0.4 is 0 Å². The number of nitrogens with zero attached hydrogens (tertiary/aromatic N) is 2. The summed E-state index contributed by atoms with van der Waals surface area (Å²) in [6.45, 7) is 2.08. The van der Waals surface area contributed by atoms with E-state index in [9.17, 15) is 9.59 Å². The maximum Gasteiger partial charge on any atom is 0.338 e. The van der Waals surface area contributed by atoms with Crippen LogP contribution in [0, 0.1) is 0 Å². The number of hydrogen-bond acceptors (Lipinski definition) is 6. The van der Waals surface area contributed by atoms with Crippen molar-refractivity contribution in [2.24, 2.45) is 4.99 Å². The number of halogens is 2. The molecule has 0 radical (unpaired) electrons. The van der Waals surface area contributed by atoms with E-state index in [1.807, 2.05) is 0 Å². The Balaban J connectivity index is 1.80. The molecule has 0 spiro atoms. The van der Waals surface area contributed by atoms with Gasteiger partial charge >= 0.3 is 5.97 Å². The quantitative estimate of drug-likeness (QED) is 0.414. The zero-order valence-electron chi connectivity index (χ0n) is 14.4. The van der Waals surface area contributed by atoms with Crippen LogP contribution in [0.3, 0.4) is 0 Å². The fourth-order valence-electron chi connectivity index (χ4n) is 2.21. The van der Waals surface area contributed by atoms with Gasteiger partial charge in [0, 0.05) is 13.1 Å². The predicted octanol–water partition coefficient (Wildman–Crippen LogP) is 5.22. The zero-order chi connectivity index (χ0) is 19.6. The largest absolute Gasteiger partial charge is 0.462 e. The first-order valence-corrected chi connectivity index (χ1v) is 10.3. The van der Waals surface area contributed by atoms with Gasteiger partial charge in [0.25, 0.3) is 5.91 Å². The van der Waals surface area contributed by atoms with E-state index < -0.39 is 0 Å². The molecular weight excluding hydrogens is 500 g/mol. The first-order chi connectivity index (χ1) is 12.9. The molecule has 1 aliphatic heterocycles. The average Bonchev–Trinajstić information content (AvgIpc) is 3.09. The van der Waals surface area contributed by atoms with Gasteiger partial charge in [-0.1, -0.05) is 0 Å². The Bertz CT molecular complexity index is 931. The van der Waals surface area contributed by atoms with Crippen LogP contribution in [0.5, 0.6) is 0 Å². The molecule has 1 fully saturated rings. The Morgan fingerprint density at radius 3 is 2.63 bits per heavy atom. The lowest BCUT2D eigenvalue weighted by atomic mass is 10.2. The van der Waals surface area contributed by atoms with Gasteiger partial charge in [0.05, 0.1) is 27.2 Å². The van der Waals surface area contributed by atoms with Crippen molar-refractivity contribution in [1.29, 1.82) is 0 Å². The lowest BCUT2D eigenvalue weighted by Crippen LogP contribution is -2.23. The molecule has 1 aliphatic rings. The third kappa shape index (κ3) is 4.53. The van der Waals surface area contributed by atoms with E-state index in [-0.39, 0.29) is 11.9 Å². The van der Waals surface area contributed by atoms with Crippen LogP contribution in [0.1, 0.15) is 23.0 Å². The minimum Gasteiger partial charge on any atom is -0.462 e. The monoisotopic (exact) mass is 512 g/mol. The number of hydrogen-bond donors (Lipinski definition) is 0. The maximum absolute atomic E-state index is 12.4. The molecule has 1 aromatic heterocycles. The fraction of sp³-hybridized carbons (Fsp3) is 0.167. The number of carbonyl (C=O) groups excluding carboxylic acids is 2. The summed E-state index contributed by atoms with van der Waals surface area (Å²) in [4.78, 5) is 30.6. The number of rotatable bonds is 4. The Labute approximate surface area is 176 Å². The summed E-state index contributed by atoms with van der Waals surface area (Å²) in [6.07, 6.45) is 1.67. The Hall–Kier alpha value is -1.84. The highest BCUT2D eigenvalue weighted by Gasteiger charge is 2.30. The standard InChI is InChI=1S/C18H14Br2N2O4S/c1-3-25-17(24)10-4-6-11(7-5-10)21-18-22(2)16(23)14(27-18)9-12-8-13(19)15(20)26-12/h4-9H,3H2,1-2H3/b14-9-,21-18?. The summed E-state index contributed by atoms with van der Waals surface area (Å²) in [7, 11) is 1.66. The maximum atomic E-state index is 12.4. The first kappa shape index (κ1) is 19.9. The van der Waals surface area contributed by atoms with Gasteiger partial charge in [0.2, 0.25) is 0 Å². The van der Waals surface area contributed by atoms with Crippen molar-refractivity contribution in [3.05, 3.63) is 55.7 Å². The highest BCUT2D eigenvalue weighted by Crippen LogP contribution is 2.35. The summed E-state index contributed by atoms with van der Waals surface area (Å²) in [5.74, 6) is 0.0174. The van der Waals surface area contributed by atoms with Gasteiger partial charge < -0.3 is 9.15 Å². The molecule has 27 heavy (non-hydrogen) atoms. The molecule has 0 unspecified atom stereocenters. The van der Waals surface area contributed by atoms with Crippen LogP contribution in [0.2, 0.25) is 0 Å². The van der Waals surface area contributed by atoms with Gasteiger partial charge in [-0.2, -0.15) is 0 Å². The molecule has 9 heteroatoms. The molecule has 1 saturated heterocycles.